The molecular weight excluding hydrogens is 228 g/mol. The van der Waals surface area contributed by atoms with Crippen LogP contribution in [0.2, 0.25) is 0 Å². The van der Waals surface area contributed by atoms with Gasteiger partial charge in [-0.1, -0.05) is 13.8 Å². The standard InChI is InChI=1S/C14H30N2S/c1-6-14(10-17-5)16(4)12(3)11(2)9-15-13-7-8-13/h11-15H,6-10H2,1-5H3. The molecule has 0 aromatic rings. The Morgan fingerprint density at radius 1 is 1.35 bits per heavy atom. The molecule has 1 aliphatic rings. The molecule has 1 fully saturated rings. The Morgan fingerprint density at radius 2 is 2.00 bits per heavy atom. The van der Waals surface area contributed by atoms with Crippen LogP contribution in [0.3, 0.4) is 0 Å². The van der Waals surface area contributed by atoms with Gasteiger partial charge in [-0.25, -0.2) is 0 Å². The lowest BCUT2D eigenvalue weighted by molar-refractivity contribution is 0.149. The number of thioether (sulfide) groups is 1. The van der Waals surface area contributed by atoms with E-state index in [0.717, 1.165) is 18.0 Å². The Bertz CT molecular complexity index is 206. The van der Waals surface area contributed by atoms with Crippen molar-refractivity contribution in [2.24, 2.45) is 5.92 Å². The fourth-order valence-electron chi connectivity index (χ4n) is 2.26. The lowest BCUT2D eigenvalue weighted by atomic mass is 10.0. The van der Waals surface area contributed by atoms with E-state index in [4.69, 9.17) is 0 Å². The molecule has 17 heavy (non-hydrogen) atoms. The van der Waals surface area contributed by atoms with E-state index >= 15 is 0 Å². The number of nitrogens with one attached hydrogen (secondary N) is 1. The van der Waals surface area contributed by atoms with Crippen LogP contribution in [0.1, 0.15) is 40.0 Å². The smallest absolute Gasteiger partial charge is 0.0183 e. The van der Waals surface area contributed by atoms with Gasteiger partial charge in [0.2, 0.25) is 0 Å². The normalized spacial score (nSPS) is 21.5. The molecule has 0 amide bonds. The quantitative estimate of drug-likeness (QED) is 0.684. The van der Waals surface area contributed by atoms with E-state index in [2.05, 4.69) is 44.3 Å². The van der Waals surface area contributed by atoms with Crippen LogP contribution in [0.15, 0.2) is 0 Å². The van der Waals surface area contributed by atoms with Gasteiger partial charge in [-0.3, -0.25) is 4.90 Å². The molecule has 0 spiro atoms. The molecule has 1 saturated carbocycles. The first kappa shape index (κ1) is 15.3. The van der Waals surface area contributed by atoms with E-state index in [9.17, 15) is 0 Å². The van der Waals surface area contributed by atoms with Crippen molar-refractivity contribution >= 4 is 11.8 Å². The van der Waals surface area contributed by atoms with Crippen LogP contribution in [0.4, 0.5) is 0 Å². The summed E-state index contributed by atoms with van der Waals surface area (Å²) in [5.74, 6) is 1.98. The predicted molar refractivity (Wildman–Crippen MR) is 79.9 cm³/mol. The Morgan fingerprint density at radius 3 is 2.47 bits per heavy atom. The highest BCUT2D eigenvalue weighted by molar-refractivity contribution is 7.98. The first-order valence-electron chi connectivity index (χ1n) is 7.04. The summed E-state index contributed by atoms with van der Waals surface area (Å²) in [6.45, 7) is 8.23. The second kappa shape index (κ2) is 7.65. The molecule has 3 atom stereocenters. The van der Waals surface area contributed by atoms with Gasteiger partial charge in [0, 0.05) is 23.9 Å². The third-order valence-electron chi connectivity index (χ3n) is 4.18. The molecule has 1 rings (SSSR count). The van der Waals surface area contributed by atoms with Crippen LogP contribution < -0.4 is 5.32 Å². The van der Waals surface area contributed by atoms with Gasteiger partial charge in [-0.05, 0) is 52.0 Å². The van der Waals surface area contributed by atoms with Gasteiger partial charge in [0.25, 0.3) is 0 Å². The second-order valence-corrected chi connectivity index (χ2v) is 6.49. The van der Waals surface area contributed by atoms with Gasteiger partial charge in [0.15, 0.2) is 0 Å². The zero-order valence-corrected chi connectivity index (χ0v) is 13.0. The van der Waals surface area contributed by atoms with E-state index in [1.807, 2.05) is 11.8 Å². The minimum Gasteiger partial charge on any atom is -0.314 e. The molecule has 0 aromatic carbocycles. The number of rotatable bonds is 9. The van der Waals surface area contributed by atoms with Crippen LogP contribution >= 0.6 is 11.8 Å². The maximum Gasteiger partial charge on any atom is 0.0183 e. The fraction of sp³-hybridized carbons (Fsp3) is 1.00. The summed E-state index contributed by atoms with van der Waals surface area (Å²) < 4.78 is 0. The van der Waals surface area contributed by atoms with Crippen molar-refractivity contribution < 1.29 is 0 Å². The summed E-state index contributed by atoms with van der Waals surface area (Å²) in [7, 11) is 2.29. The topological polar surface area (TPSA) is 15.3 Å². The second-order valence-electron chi connectivity index (χ2n) is 5.58. The van der Waals surface area contributed by atoms with Gasteiger partial charge >= 0.3 is 0 Å². The molecule has 1 N–H and O–H groups in total. The molecule has 0 saturated heterocycles. The Hall–Kier alpha value is 0.270. The van der Waals surface area contributed by atoms with Crippen LogP contribution in [0.5, 0.6) is 0 Å². The molecule has 1 aliphatic carbocycles. The van der Waals surface area contributed by atoms with Crippen molar-refractivity contribution in [2.75, 3.05) is 25.6 Å². The molecular formula is C14H30N2S. The molecule has 102 valence electrons. The minimum atomic E-state index is 0.665. The van der Waals surface area contributed by atoms with Gasteiger partial charge in [-0.15, -0.1) is 0 Å². The number of hydrogen-bond acceptors (Lipinski definition) is 3. The lowest BCUT2D eigenvalue weighted by Gasteiger charge is -2.36. The molecule has 0 bridgehead atoms. The minimum absolute atomic E-state index is 0.665. The first-order chi connectivity index (χ1) is 8.10. The van der Waals surface area contributed by atoms with Gasteiger partial charge in [0.05, 0.1) is 0 Å². The Kier molecular flexibility index (Phi) is 6.90. The lowest BCUT2D eigenvalue weighted by Crippen LogP contribution is -2.45. The maximum atomic E-state index is 3.65. The van der Waals surface area contributed by atoms with Crippen molar-refractivity contribution in [1.29, 1.82) is 0 Å². The first-order valence-corrected chi connectivity index (χ1v) is 8.43. The monoisotopic (exact) mass is 258 g/mol. The average Bonchev–Trinajstić information content (AvgIpc) is 3.15. The third-order valence-corrected chi connectivity index (χ3v) is 4.90. The maximum absolute atomic E-state index is 3.65. The van der Waals surface area contributed by atoms with E-state index in [-0.39, 0.29) is 0 Å². The summed E-state index contributed by atoms with van der Waals surface area (Å²) in [4.78, 5) is 2.58. The van der Waals surface area contributed by atoms with Crippen molar-refractivity contribution in [2.45, 2.75) is 58.2 Å². The number of hydrogen-bond donors (Lipinski definition) is 1. The highest BCUT2D eigenvalue weighted by atomic mass is 32.2. The van der Waals surface area contributed by atoms with E-state index in [0.29, 0.717) is 6.04 Å². The largest absolute Gasteiger partial charge is 0.314 e. The molecule has 2 nitrogen and oxygen atoms in total. The molecule has 0 aromatic heterocycles. The van der Waals surface area contributed by atoms with Crippen LogP contribution in [0, 0.1) is 5.92 Å². The van der Waals surface area contributed by atoms with Gasteiger partial charge in [-0.2, -0.15) is 11.8 Å². The molecule has 3 heteroatoms. The van der Waals surface area contributed by atoms with Crippen molar-refractivity contribution in [3.63, 3.8) is 0 Å². The van der Waals surface area contributed by atoms with E-state index in [1.165, 1.54) is 31.6 Å². The molecule has 0 aliphatic heterocycles. The van der Waals surface area contributed by atoms with Crippen molar-refractivity contribution in [3.05, 3.63) is 0 Å². The summed E-state index contributed by atoms with van der Waals surface area (Å²) in [5.41, 5.74) is 0. The van der Waals surface area contributed by atoms with Crippen LogP contribution in [0.25, 0.3) is 0 Å². The Balaban J connectivity index is 2.33. The molecule has 3 unspecified atom stereocenters. The zero-order valence-electron chi connectivity index (χ0n) is 12.2. The summed E-state index contributed by atoms with van der Waals surface area (Å²) in [6.07, 6.45) is 6.24. The van der Waals surface area contributed by atoms with Crippen LogP contribution in [-0.2, 0) is 0 Å². The Labute approximate surface area is 112 Å². The van der Waals surface area contributed by atoms with E-state index < -0.39 is 0 Å². The third kappa shape index (κ3) is 5.19. The fourth-order valence-corrected chi connectivity index (χ4v) is 3.12. The van der Waals surface area contributed by atoms with Crippen LogP contribution in [-0.4, -0.2) is 48.6 Å². The molecule has 0 heterocycles. The summed E-state index contributed by atoms with van der Waals surface area (Å²) in [6, 6.07) is 2.23. The number of nitrogens with zero attached hydrogens (tertiary/aromatic N) is 1. The van der Waals surface area contributed by atoms with E-state index in [1.54, 1.807) is 0 Å². The highest BCUT2D eigenvalue weighted by Crippen LogP contribution is 2.21. The van der Waals surface area contributed by atoms with Gasteiger partial charge in [0.1, 0.15) is 0 Å². The van der Waals surface area contributed by atoms with Crippen molar-refractivity contribution in [3.8, 4) is 0 Å². The highest BCUT2D eigenvalue weighted by Gasteiger charge is 2.25. The summed E-state index contributed by atoms with van der Waals surface area (Å²) in [5, 5.41) is 3.65. The van der Waals surface area contributed by atoms with Crippen molar-refractivity contribution in [1.82, 2.24) is 10.2 Å². The molecule has 0 radical (unpaired) electrons. The predicted octanol–water partition coefficient (Wildman–Crippen LogP) is 2.84. The zero-order chi connectivity index (χ0) is 12.8. The average molecular weight is 258 g/mol. The summed E-state index contributed by atoms with van der Waals surface area (Å²) >= 11 is 1.96. The van der Waals surface area contributed by atoms with Gasteiger partial charge < -0.3 is 5.32 Å². The SMILES string of the molecule is CCC(CSC)N(C)C(C)C(C)CNC1CC1.